The molecule has 0 bridgehead atoms. The van der Waals surface area contributed by atoms with Crippen LogP contribution < -0.4 is 5.32 Å². The lowest BCUT2D eigenvalue weighted by Gasteiger charge is -2.15. The third-order valence-corrected chi connectivity index (χ3v) is 2.89. The van der Waals surface area contributed by atoms with Crippen LogP contribution in [0.5, 0.6) is 0 Å². The summed E-state index contributed by atoms with van der Waals surface area (Å²) < 4.78 is 4.64. The molecule has 20 heavy (non-hydrogen) atoms. The van der Waals surface area contributed by atoms with E-state index >= 15 is 0 Å². The lowest BCUT2D eigenvalue weighted by Crippen LogP contribution is -2.13. The van der Waals surface area contributed by atoms with Gasteiger partial charge in [0, 0.05) is 17.8 Å². The van der Waals surface area contributed by atoms with Gasteiger partial charge in [0.2, 0.25) is 5.82 Å². The normalized spacial score (nSPS) is 11.8. The van der Waals surface area contributed by atoms with E-state index < -0.39 is 5.97 Å². The first-order chi connectivity index (χ1) is 9.60. The number of hydrogen-bond donors (Lipinski definition) is 1. The SMILES string of the molecule is COC(=O)c1nc(C)cc(NC(C)c2ccccc2)n1. The van der Waals surface area contributed by atoms with Crippen molar-refractivity contribution in [2.24, 2.45) is 0 Å². The Morgan fingerprint density at radius 3 is 2.60 bits per heavy atom. The Morgan fingerprint density at radius 1 is 1.25 bits per heavy atom. The van der Waals surface area contributed by atoms with Crippen LogP contribution in [0.15, 0.2) is 36.4 Å². The maximum absolute atomic E-state index is 11.5. The van der Waals surface area contributed by atoms with E-state index in [1.807, 2.05) is 44.2 Å². The predicted octanol–water partition coefficient (Wildman–Crippen LogP) is 2.74. The Kier molecular flexibility index (Phi) is 4.30. The Morgan fingerprint density at radius 2 is 1.95 bits per heavy atom. The Hall–Kier alpha value is -2.43. The van der Waals surface area contributed by atoms with Crippen LogP contribution in [0.2, 0.25) is 0 Å². The Bertz CT molecular complexity index is 599. The highest BCUT2D eigenvalue weighted by atomic mass is 16.5. The molecule has 5 nitrogen and oxygen atoms in total. The number of ether oxygens (including phenoxy) is 1. The zero-order valence-corrected chi connectivity index (χ0v) is 11.8. The standard InChI is InChI=1S/C15H17N3O2/c1-10-9-13(18-14(16-10)15(19)20-3)17-11(2)12-7-5-4-6-8-12/h4-9,11H,1-3H3,(H,16,17,18). The summed E-state index contributed by atoms with van der Waals surface area (Å²) in [7, 11) is 1.31. The van der Waals surface area contributed by atoms with Gasteiger partial charge in [0.15, 0.2) is 0 Å². The molecule has 5 heteroatoms. The molecule has 0 amide bonds. The number of carbonyl (C=O) groups is 1. The van der Waals surface area contributed by atoms with Crippen LogP contribution in [0.3, 0.4) is 0 Å². The van der Waals surface area contributed by atoms with Gasteiger partial charge < -0.3 is 10.1 Å². The second kappa shape index (κ2) is 6.14. The minimum Gasteiger partial charge on any atom is -0.463 e. The third-order valence-electron chi connectivity index (χ3n) is 2.89. The zero-order chi connectivity index (χ0) is 14.5. The molecular weight excluding hydrogens is 254 g/mol. The maximum atomic E-state index is 11.5. The summed E-state index contributed by atoms with van der Waals surface area (Å²) in [5.41, 5.74) is 1.85. The zero-order valence-electron chi connectivity index (χ0n) is 11.8. The van der Waals surface area contributed by atoms with Crippen LogP contribution >= 0.6 is 0 Å². The molecule has 1 heterocycles. The molecule has 0 aliphatic carbocycles. The van der Waals surface area contributed by atoms with Crippen molar-refractivity contribution in [1.82, 2.24) is 9.97 Å². The molecule has 0 fully saturated rings. The number of nitrogens with one attached hydrogen (secondary N) is 1. The van der Waals surface area contributed by atoms with E-state index in [0.717, 1.165) is 5.56 Å². The van der Waals surface area contributed by atoms with Gasteiger partial charge in [0.25, 0.3) is 0 Å². The number of aryl methyl sites for hydroxylation is 1. The molecule has 0 aliphatic heterocycles. The van der Waals surface area contributed by atoms with Crippen molar-refractivity contribution in [2.75, 3.05) is 12.4 Å². The fraction of sp³-hybridized carbons (Fsp3) is 0.267. The summed E-state index contributed by atoms with van der Waals surface area (Å²) in [6.45, 7) is 3.84. The predicted molar refractivity (Wildman–Crippen MR) is 76.6 cm³/mol. The van der Waals surface area contributed by atoms with Gasteiger partial charge in [-0.15, -0.1) is 0 Å². The smallest absolute Gasteiger partial charge is 0.376 e. The highest BCUT2D eigenvalue weighted by molar-refractivity contribution is 5.85. The van der Waals surface area contributed by atoms with Gasteiger partial charge in [0.05, 0.1) is 7.11 Å². The number of nitrogens with zero attached hydrogens (tertiary/aromatic N) is 2. The number of aromatic nitrogens is 2. The lowest BCUT2D eigenvalue weighted by atomic mass is 10.1. The number of anilines is 1. The highest BCUT2D eigenvalue weighted by Gasteiger charge is 2.13. The summed E-state index contributed by atoms with van der Waals surface area (Å²) in [5, 5.41) is 3.26. The molecule has 1 atom stereocenters. The average Bonchev–Trinajstić information content (AvgIpc) is 2.46. The van der Waals surface area contributed by atoms with Gasteiger partial charge >= 0.3 is 5.97 Å². The van der Waals surface area contributed by atoms with E-state index in [9.17, 15) is 4.79 Å². The molecule has 1 N–H and O–H groups in total. The van der Waals surface area contributed by atoms with Crippen LogP contribution in [0.4, 0.5) is 5.82 Å². The monoisotopic (exact) mass is 271 g/mol. The van der Waals surface area contributed by atoms with E-state index in [4.69, 9.17) is 0 Å². The first-order valence-electron chi connectivity index (χ1n) is 6.35. The Labute approximate surface area is 118 Å². The van der Waals surface area contributed by atoms with Gasteiger partial charge in [-0.05, 0) is 19.4 Å². The summed E-state index contributed by atoms with van der Waals surface area (Å²) in [5.74, 6) is 0.133. The second-order valence-electron chi connectivity index (χ2n) is 4.49. The van der Waals surface area contributed by atoms with Crippen molar-refractivity contribution in [3.8, 4) is 0 Å². The average molecular weight is 271 g/mol. The van der Waals surface area contributed by atoms with Crippen LogP contribution in [0, 0.1) is 6.92 Å². The molecule has 0 saturated carbocycles. The lowest BCUT2D eigenvalue weighted by molar-refractivity contribution is 0.0586. The number of esters is 1. The highest BCUT2D eigenvalue weighted by Crippen LogP contribution is 2.18. The van der Waals surface area contributed by atoms with Crippen molar-refractivity contribution in [1.29, 1.82) is 0 Å². The number of carbonyl (C=O) groups excluding carboxylic acids is 1. The van der Waals surface area contributed by atoms with Crippen molar-refractivity contribution < 1.29 is 9.53 Å². The third kappa shape index (κ3) is 3.32. The molecule has 0 radical (unpaired) electrons. The summed E-state index contributed by atoms with van der Waals surface area (Å²) >= 11 is 0. The minimum absolute atomic E-state index is 0.0651. The van der Waals surface area contributed by atoms with Crippen LogP contribution in [0.25, 0.3) is 0 Å². The summed E-state index contributed by atoms with van der Waals surface area (Å²) in [4.78, 5) is 19.7. The minimum atomic E-state index is -0.538. The van der Waals surface area contributed by atoms with Crippen molar-refractivity contribution in [3.05, 3.63) is 53.5 Å². The molecule has 2 aromatic rings. The van der Waals surface area contributed by atoms with E-state index in [2.05, 4.69) is 20.0 Å². The van der Waals surface area contributed by atoms with Gasteiger partial charge in [-0.2, -0.15) is 0 Å². The second-order valence-corrected chi connectivity index (χ2v) is 4.49. The molecule has 104 valence electrons. The van der Waals surface area contributed by atoms with E-state index in [1.165, 1.54) is 7.11 Å². The number of benzene rings is 1. The van der Waals surface area contributed by atoms with Crippen LogP contribution in [-0.2, 0) is 4.74 Å². The van der Waals surface area contributed by atoms with Gasteiger partial charge in [-0.1, -0.05) is 30.3 Å². The molecule has 0 aliphatic rings. The van der Waals surface area contributed by atoms with Crippen LogP contribution in [-0.4, -0.2) is 23.0 Å². The first-order valence-corrected chi connectivity index (χ1v) is 6.35. The molecule has 1 aromatic heterocycles. The molecule has 1 unspecified atom stereocenters. The molecule has 1 aromatic carbocycles. The summed E-state index contributed by atoms with van der Waals surface area (Å²) in [6, 6.07) is 11.9. The topological polar surface area (TPSA) is 64.1 Å². The van der Waals surface area contributed by atoms with Gasteiger partial charge in [-0.3, -0.25) is 0 Å². The number of hydrogen-bond acceptors (Lipinski definition) is 5. The van der Waals surface area contributed by atoms with Crippen molar-refractivity contribution in [2.45, 2.75) is 19.9 Å². The van der Waals surface area contributed by atoms with Crippen molar-refractivity contribution >= 4 is 11.8 Å². The molecule has 2 rings (SSSR count). The molecular formula is C15H17N3O2. The largest absolute Gasteiger partial charge is 0.463 e. The van der Waals surface area contributed by atoms with E-state index in [-0.39, 0.29) is 11.9 Å². The number of methoxy groups -OCH3 is 1. The quantitative estimate of drug-likeness (QED) is 0.866. The van der Waals surface area contributed by atoms with Gasteiger partial charge in [-0.25, -0.2) is 14.8 Å². The fourth-order valence-corrected chi connectivity index (χ4v) is 1.87. The fourth-order valence-electron chi connectivity index (χ4n) is 1.87. The first kappa shape index (κ1) is 14.0. The van der Waals surface area contributed by atoms with Gasteiger partial charge in [0.1, 0.15) is 5.82 Å². The van der Waals surface area contributed by atoms with E-state index in [1.54, 1.807) is 6.07 Å². The van der Waals surface area contributed by atoms with E-state index in [0.29, 0.717) is 11.5 Å². The maximum Gasteiger partial charge on any atom is 0.376 e. The summed E-state index contributed by atoms with van der Waals surface area (Å²) in [6.07, 6.45) is 0. The van der Waals surface area contributed by atoms with Crippen LogP contribution in [0.1, 0.15) is 34.8 Å². The molecule has 0 spiro atoms. The Balaban J connectivity index is 2.21. The van der Waals surface area contributed by atoms with Crippen molar-refractivity contribution in [3.63, 3.8) is 0 Å². The molecule has 0 saturated heterocycles. The number of rotatable bonds is 4.